The molecule has 1 saturated heterocycles. The summed E-state index contributed by atoms with van der Waals surface area (Å²) in [6.45, 7) is 9.53. The molecule has 1 unspecified atom stereocenters. The van der Waals surface area contributed by atoms with Crippen LogP contribution in [0.25, 0.3) is 0 Å². The van der Waals surface area contributed by atoms with Crippen molar-refractivity contribution in [3.63, 3.8) is 0 Å². The molecule has 0 amide bonds. The highest BCUT2D eigenvalue weighted by Crippen LogP contribution is 2.37. The number of aliphatic hydroxyl groups is 1. The number of anilines is 1. The van der Waals surface area contributed by atoms with Crippen LogP contribution in [-0.2, 0) is 0 Å². The number of aromatic nitrogens is 2. The first-order chi connectivity index (χ1) is 14.3. The lowest BCUT2D eigenvalue weighted by Gasteiger charge is -2.36. The van der Waals surface area contributed by atoms with E-state index in [4.69, 9.17) is 10.5 Å². The van der Waals surface area contributed by atoms with Crippen molar-refractivity contribution in [3.8, 4) is 11.5 Å². The van der Waals surface area contributed by atoms with Gasteiger partial charge in [-0.3, -0.25) is 4.90 Å². The van der Waals surface area contributed by atoms with Gasteiger partial charge in [0.2, 0.25) is 0 Å². The Morgan fingerprint density at radius 1 is 1.17 bits per heavy atom. The second-order valence-electron chi connectivity index (χ2n) is 8.33. The van der Waals surface area contributed by atoms with Crippen LogP contribution < -0.4 is 15.4 Å². The highest BCUT2D eigenvalue weighted by Gasteiger charge is 2.27. The van der Waals surface area contributed by atoms with Crippen LogP contribution in [0.2, 0.25) is 0 Å². The molecule has 1 aliphatic rings. The van der Waals surface area contributed by atoms with Gasteiger partial charge >= 0.3 is 0 Å². The molecule has 3 N–H and O–H groups in total. The van der Waals surface area contributed by atoms with Gasteiger partial charge in [0.1, 0.15) is 24.1 Å². The molecule has 3 rings (SSSR count). The Labute approximate surface area is 177 Å². The van der Waals surface area contributed by atoms with E-state index in [1.807, 2.05) is 32.6 Å². The Morgan fingerprint density at radius 3 is 2.47 bits per heavy atom. The molecule has 0 spiro atoms. The molecule has 30 heavy (non-hydrogen) atoms. The number of piperidine rings is 1. The van der Waals surface area contributed by atoms with Crippen LogP contribution in [0.5, 0.6) is 11.5 Å². The highest BCUT2D eigenvalue weighted by atomic mass is 19.1. The number of halogens is 1. The van der Waals surface area contributed by atoms with Gasteiger partial charge in [0, 0.05) is 36.8 Å². The van der Waals surface area contributed by atoms with E-state index in [1.54, 1.807) is 6.20 Å². The lowest BCUT2D eigenvalue weighted by atomic mass is 10.1. The molecule has 1 aromatic heterocycles. The van der Waals surface area contributed by atoms with Gasteiger partial charge in [-0.05, 0) is 58.7 Å². The summed E-state index contributed by atoms with van der Waals surface area (Å²) in [6.07, 6.45) is 3.82. The van der Waals surface area contributed by atoms with Gasteiger partial charge in [0.25, 0.3) is 0 Å². The van der Waals surface area contributed by atoms with Crippen LogP contribution in [0.3, 0.4) is 0 Å². The SMILES string of the molecule is CC(C)N(C(C)C)C(O)c1cc(F)ccc1Oc1cncnc1N1CCC(N)CC1. The average Bonchev–Trinajstić information content (AvgIpc) is 2.70. The monoisotopic (exact) mass is 417 g/mol. The Kier molecular flexibility index (Phi) is 7.23. The van der Waals surface area contributed by atoms with Gasteiger partial charge in [0.15, 0.2) is 11.6 Å². The zero-order valence-electron chi connectivity index (χ0n) is 18.1. The predicted molar refractivity (Wildman–Crippen MR) is 115 cm³/mol. The van der Waals surface area contributed by atoms with Crippen molar-refractivity contribution in [1.82, 2.24) is 14.9 Å². The molecule has 7 nitrogen and oxygen atoms in total. The minimum atomic E-state index is -1.02. The molecule has 1 aliphatic heterocycles. The van der Waals surface area contributed by atoms with Gasteiger partial charge in [-0.1, -0.05) is 0 Å². The second kappa shape index (κ2) is 9.68. The Hall–Kier alpha value is -2.29. The van der Waals surface area contributed by atoms with Gasteiger partial charge in [0.05, 0.1) is 6.20 Å². The van der Waals surface area contributed by atoms with Crippen molar-refractivity contribution in [2.75, 3.05) is 18.0 Å². The minimum absolute atomic E-state index is 0.0595. The Balaban J connectivity index is 1.93. The molecule has 2 heterocycles. The van der Waals surface area contributed by atoms with Crippen molar-refractivity contribution in [2.24, 2.45) is 5.73 Å². The maximum atomic E-state index is 14.1. The molecule has 0 saturated carbocycles. The maximum Gasteiger partial charge on any atom is 0.188 e. The predicted octanol–water partition coefficient (Wildman–Crippen LogP) is 3.45. The van der Waals surface area contributed by atoms with E-state index in [9.17, 15) is 9.50 Å². The fourth-order valence-corrected chi connectivity index (χ4v) is 3.99. The second-order valence-corrected chi connectivity index (χ2v) is 8.33. The van der Waals surface area contributed by atoms with E-state index in [2.05, 4.69) is 14.9 Å². The molecular weight excluding hydrogens is 385 g/mol. The van der Waals surface area contributed by atoms with Crippen LogP contribution in [0.15, 0.2) is 30.7 Å². The summed E-state index contributed by atoms with van der Waals surface area (Å²) in [5.41, 5.74) is 6.39. The van der Waals surface area contributed by atoms with Crippen molar-refractivity contribution in [2.45, 2.75) is 64.9 Å². The van der Waals surface area contributed by atoms with Crippen LogP contribution in [-0.4, -0.2) is 51.2 Å². The number of nitrogens with two attached hydrogens (primary N) is 1. The summed E-state index contributed by atoms with van der Waals surface area (Å²) >= 11 is 0. The summed E-state index contributed by atoms with van der Waals surface area (Å²) in [6, 6.07) is 4.50. The summed E-state index contributed by atoms with van der Waals surface area (Å²) in [5.74, 6) is 1.08. The first-order valence-electron chi connectivity index (χ1n) is 10.5. The standard InChI is InChI=1S/C22H32FN5O2/c1-14(2)28(15(3)4)22(29)18-11-16(23)5-6-19(18)30-20-12-25-13-26-21(20)27-9-7-17(24)8-10-27/h5-6,11-15,17,22,29H,7-10,24H2,1-4H3. The third-order valence-corrected chi connectivity index (χ3v) is 5.44. The molecule has 8 heteroatoms. The topological polar surface area (TPSA) is 87.7 Å². The maximum absolute atomic E-state index is 14.1. The van der Waals surface area contributed by atoms with Crippen molar-refractivity contribution >= 4 is 5.82 Å². The zero-order chi connectivity index (χ0) is 21.8. The minimum Gasteiger partial charge on any atom is -0.451 e. The summed E-state index contributed by atoms with van der Waals surface area (Å²) in [4.78, 5) is 12.5. The largest absolute Gasteiger partial charge is 0.451 e. The third kappa shape index (κ3) is 5.06. The van der Waals surface area contributed by atoms with Crippen LogP contribution in [0, 0.1) is 5.82 Å². The Bertz CT molecular complexity index is 832. The number of ether oxygens (including phenoxy) is 1. The molecular formula is C22H32FN5O2. The van der Waals surface area contributed by atoms with Gasteiger partial charge in [-0.2, -0.15) is 0 Å². The van der Waals surface area contributed by atoms with E-state index in [1.165, 1.54) is 24.5 Å². The molecule has 0 bridgehead atoms. The van der Waals surface area contributed by atoms with Crippen LogP contribution >= 0.6 is 0 Å². The van der Waals surface area contributed by atoms with E-state index in [0.29, 0.717) is 22.9 Å². The van der Waals surface area contributed by atoms with E-state index >= 15 is 0 Å². The van der Waals surface area contributed by atoms with Gasteiger partial charge < -0.3 is 20.5 Å². The summed E-state index contributed by atoms with van der Waals surface area (Å²) in [5, 5.41) is 11.1. The molecule has 0 aliphatic carbocycles. The van der Waals surface area contributed by atoms with E-state index in [0.717, 1.165) is 25.9 Å². The molecule has 1 fully saturated rings. The number of aliphatic hydroxyl groups excluding tert-OH is 1. The normalized spacial score (nSPS) is 16.5. The summed E-state index contributed by atoms with van der Waals surface area (Å²) < 4.78 is 20.2. The van der Waals surface area contributed by atoms with Crippen LogP contribution in [0.4, 0.5) is 10.2 Å². The van der Waals surface area contributed by atoms with Gasteiger partial charge in [-0.25, -0.2) is 14.4 Å². The third-order valence-electron chi connectivity index (χ3n) is 5.44. The first kappa shape index (κ1) is 22.4. The van der Waals surface area contributed by atoms with E-state index < -0.39 is 12.0 Å². The first-order valence-corrected chi connectivity index (χ1v) is 10.5. The molecule has 164 valence electrons. The highest BCUT2D eigenvalue weighted by molar-refractivity contribution is 5.53. The quantitative estimate of drug-likeness (QED) is 0.667. The fourth-order valence-electron chi connectivity index (χ4n) is 3.99. The van der Waals surface area contributed by atoms with Crippen molar-refractivity contribution in [1.29, 1.82) is 0 Å². The number of hydrogen-bond donors (Lipinski definition) is 2. The number of benzene rings is 1. The van der Waals surface area contributed by atoms with Crippen LogP contribution in [0.1, 0.15) is 52.3 Å². The zero-order valence-corrected chi connectivity index (χ0v) is 18.1. The molecule has 1 atom stereocenters. The van der Waals surface area contributed by atoms with Crippen molar-refractivity contribution in [3.05, 3.63) is 42.1 Å². The van der Waals surface area contributed by atoms with Crippen molar-refractivity contribution < 1.29 is 14.2 Å². The lowest BCUT2D eigenvalue weighted by molar-refractivity contribution is -0.0406. The van der Waals surface area contributed by atoms with Gasteiger partial charge in [-0.15, -0.1) is 0 Å². The number of hydrogen-bond acceptors (Lipinski definition) is 7. The molecule has 1 aromatic carbocycles. The summed E-state index contributed by atoms with van der Waals surface area (Å²) in [7, 11) is 0. The fraction of sp³-hybridized carbons (Fsp3) is 0.545. The molecule has 2 aromatic rings. The van der Waals surface area contributed by atoms with E-state index in [-0.39, 0.29) is 18.1 Å². The Morgan fingerprint density at radius 2 is 1.83 bits per heavy atom. The number of rotatable bonds is 7. The molecule has 0 radical (unpaired) electrons. The lowest BCUT2D eigenvalue weighted by Crippen LogP contribution is -2.40. The average molecular weight is 418 g/mol. The smallest absolute Gasteiger partial charge is 0.188 e. The number of nitrogens with zero attached hydrogens (tertiary/aromatic N) is 4.